The first-order valence-corrected chi connectivity index (χ1v) is 4.48. The molecule has 1 aromatic heterocycles. The van der Waals surface area contributed by atoms with Crippen molar-refractivity contribution in [1.29, 1.82) is 0 Å². The monoisotopic (exact) mass is 240 g/mol. The fraction of sp³-hybridized carbons (Fsp3) is 0.111. The Kier molecular flexibility index (Phi) is 2.54. The molecular weight excluding hydrogens is 234 g/mol. The Labute approximate surface area is 93.7 Å². The van der Waals surface area contributed by atoms with Gasteiger partial charge in [-0.2, -0.15) is 4.39 Å². The Morgan fingerprint density at radius 1 is 1.41 bits per heavy atom. The second kappa shape index (κ2) is 3.89. The van der Waals surface area contributed by atoms with E-state index in [-0.39, 0.29) is 11.4 Å². The molecule has 2 aromatic rings. The highest BCUT2D eigenvalue weighted by Crippen LogP contribution is 2.28. The Morgan fingerprint density at radius 3 is 2.65 bits per heavy atom. The first-order chi connectivity index (χ1) is 8.00. The summed E-state index contributed by atoms with van der Waals surface area (Å²) in [6.45, 7) is 0. The van der Waals surface area contributed by atoms with Gasteiger partial charge in [0.2, 0.25) is 5.82 Å². The smallest absolute Gasteiger partial charge is 0.308 e. The predicted molar refractivity (Wildman–Crippen MR) is 53.0 cm³/mol. The highest BCUT2D eigenvalue weighted by atomic mass is 19.1. The summed E-state index contributed by atoms with van der Waals surface area (Å²) in [7, 11) is 1.52. The van der Waals surface area contributed by atoms with Crippen molar-refractivity contribution in [3.8, 4) is 11.4 Å². The highest BCUT2D eigenvalue weighted by Gasteiger charge is 2.23. The Morgan fingerprint density at radius 2 is 2.12 bits per heavy atom. The predicted octanol–water partition coefficient (Wildman–Crippen LogP) is 1.67. The largest absolute Gasteiger partial charge is 0.317 e. The van der Waals surface area contributed by atoms with Gasteiger partial charge < -0.3 is 4.57 Å². The highest BCUT2D eigenvalue weighted by molar-refractivity contribution is 5.60. The number of nitro groups is 1. The molecule has 0 amide bonds. The molecule has 1 aromatic carbocycles. The summed E-state index contributed by atoms with van der Waals surface area (Å²) < 4.78 is 28.3. The summed E-state index contributed by atoms with van der Waals surface area (Å²) in [5, 5.41) is 17.6. The van der Waals surface area contributed by atoms with Gasteiger partial charge in [0.1, 0.15) is 12.1 Å². The van der Waals surface area contributed by atoms with Crippen LogP contribution in [0.15, 0.2) is 18.5 Å². The molecule has 0 spiro atoms. The Hall–Kier alpha value is -2.38. The summed E-state index contributed by atoms with van der Waals surface area (Å²) in [6, 6.07) is 1.36. The number of aromatic nitrogens is 3. The number of halogens is 2. The molecule has 0 aliphatic carbocycles. The third-order valence-electron chi connectivity index (χ3n) is 2.17. The number of aryl methyl sites for hydroxylation is 1. The van der Waals surface area contributed by atoms with Crippen molar-refractivity contribution in [2.75, 3.05) is 0 Å². The SMILES string of the molecule is Cn1cnnc1-c1cc(F)cc([N+](=O)[O-])c1F. The molecule has 1 heterocycles. The lowest BCUT2D eigenvalue weighted by molar-refractivity contribution is -0.387. The third-order valence-corrected chi connectivity index (χ3v) is 2.17. The molecule has 0 aliphatic heterocycles. The first kappa shape index (κ1) is 11.1. The van der Waals surface area contributed by atoms with E-state index in [1.807, 2.05) is 0 Å². The molecule has 0 bridgehead atoms. The van der Waals surface area contributed by atoms with Gasteiger partial charge in [0.15, 0.2) is 5.82 Å². The molecule has 0 saturated carbocycles. The van der Waals surface area contributed by atoms with Gasteiger partial charge >= 0.3 is 5.69 Å². The molecule has 2 rings (SSSR count). The molecule has 0 unspecified atom stereocenters. The molecular formula is C9H6F2N4O2. The van der Waals surface area contributed by atoms with E-state index in [1.54, 1.807) is 0 Å². The minimum Gasteiger partial charge on any atom is -0.317 e. The van der Waals surface area contributed by atoms with Crippen LogP contribution in [-0.4, -0.2) is 19.7 Å². The van der Waals surface area contributed by atoms with Crippen LogP contribution >= 0.6 is 0 Å². The molecule has 8 heteroatoms. The average molecular weight is 240 g/mol. The number of rotatable bonds is 2. The maximum absolute atomic E-state index is 13.8. The molecule has 0 saturated heterocycles. The molecule has 0 aliphatic rings. The van der Waals surface area contributed by atoms with Gasteiger partial charge in [-0.3, -0.25) is 10.1 Å². The molecule has 0 fully saturated rings. The van der Waals surface area contributed by atoms with Gasteiger partial charge in [0.25, 0.3) is 0 Å². The zero-order valence-corrected chi connectivity index (χ0v) is 8.59. The summed E-state index contributed by atoms with van der Waals surface area (Å²) in [5.74, 6) is -2.02. The van der Waals surface area contributed by atoms with Crippen LogP contribution in [-0.2, 0) is 7.05 Å². The minimum atomic E-state index is -1.13. The van der Waals surface area contributed by atoms with E-state index in [0.717, 1.165) is 6.07 Å². The van der Waals surface area contributed by atoms with Gasteiger partial charge in [-0.05, 0) is 6.07 Å². The standard InChI is InChI=1S/C9H6F2N4O2/c1-14-4-12-13-9(14)6-2-5(10)3-7(8(6)11)15(16)17/h2-4H,1H3. The minimum absolute atomic E-state index is 0.0186. The molecule has 17 heavy (non-hydrogen) atoms. The molecule has 6 nitrogen and oxygen atoms in total. The van der Waals surface area contributed by atoms with Crippen LogP contribution < -0.4 is 0 Å². The van der Waals surface area contributed by atoms with Gasteiger partial charge in [0, 0.05) is 7.05 Å². The van der Waals surface area contributed by atoms with Gasteiger partial charge in [-0.25, -0.2) is 4.39 Å². The second-order valence-electron chi connectivity index (χ2n) is 3.31. The molecule has 88 valence electrons. The molecule has 0 N–H and O–H groups in total. The van der Waals surface area contributed by atoms with Gasteiger partial charge in [-0.15, -0.1) is 10.2 Å². The maximum Gasteiger partial charge on any atom is 0.308 e. The van der Waals surface area contributed by atoms with Crippen LogP contribution in [0.2, 0.25) is 0 Å². The summed E-state index contributed by atoms with van der Waals surface area (Å²) in [5.41, 5.74) is -1.22. The van der Waals surface area contributed by atoms with Gasteiger partial charge in [-0.1, -0.05) is 0 Å². The Balaban J connectivity index is 2.71. The second-order valence-corrected chi connectivity index (χ2v) is 3.31. The van der Waals surface area contributed by atoms with Crippen molar-refractivity contribution in [3.63, 3.8) is 0 Å². The Bertz CT molecular complexity index is 597. The molecule has 0 radical (unpaired) electrons. The number of nitro benzene ring substituents is 1. The maximum atomic E-state index is 13.8. The zero-order valence-electron chi connectivity index (χ0n) is 8.59. The van der Waals surface area contributed by atoms with Crippen LogP contribution in [0.25, 0.3) is 11.4 Å². The van der Waals surface area contributed by atoms with Crippen molar-refractivity contribution in [1.82, 2.24) is 14.8 Å². The van der Waals surface area contributed by atoms with Crippen molar-refractivity contribution >= 4 is 5.69 Å². The first-order valence-electron chi connectivity index (χ1n) is 4.48. The van der Waals surface area contributed by atoms with Crippen molar-refractivity contribution < 1.29 is 13.7 Å². The average Bonchev–Trinajstić information content (AvgIpc) is 2.67. The van der Waals surface area contributed by atoms with Crippen molar-refractivity contribution in [2.24, 2.45) is 7.05 Å². The lowest BCUT2D eigenvalue weighted by atomic mass is 10.1. The van der Waals surface area contributed by atoms with Crippen molar-refractivity contribution in [3.05, 3.63) is 40.2 Å². The van der Waals surface area contributed by atoms with Crippen LogP contribution in [0.5, 0.6) is 0 Å². The zero-order chi connectivity index (χ0) is 12.6. The summed E-state index contributed by atoms with van der Waals surface area (Å²) in [4.78, 5) is 9.55. The van der Waals surface area contributed by atoms with E-state index < -0.39 is 22.2 Å². The topological polar surface area (TPSA) is 73.8 Å². The summed E-state index contributed by atoms with van der Waals surface area (Å²) in [6.07, 6.45) is 1.28. The lowest BCUT2D eigenvalue weighted by Crippen LogP contribution is -2.00. The number of hydrogen-bond acceptors (Lipinski definition) is 4. The van der Waals surface area contributed by atoms with Crippen LogP contribution in [0.4, 0.5) is 14.5 Å². The van der Waals surface area contributed by atoms with Crippen LogP contribution in [0, 0.1) is 21.7 Å². The fourth-order valence-electron chi connectivity index (χ4n) is 1.40. The number of benzene rings is 1. The van der Waals surface area contributed by atoms with E-state index in [4.69, 9.17) is 0 Å². The van der Waals surface area contributed by atoms with Crippen molar-refractivity contribution in [2.45, 2.75) is 0 Å². The van der Waals surface area contributed by atoms with E-state index in [0.29, 0.717) is 6.07 Å². The lowest BCUT2D eigenvalue weighted by Gasteiger charge is -2.03. The van der Waals surface area contributed by atoms with E-state index in [1.165, 1.54) is 17.9 Å². The number of nitrogens with zero attached hydrogens (tertiary/aromatic N) is 4. The fourth-order valence-corrected chi connectivity index (χ4v) is 1.40. The van der Waals surface area contributed by atoms with E-state index in [2.05, 4.69) is 10.2 Å². The van der Waals surface area contributed by atoms with Gasteiger partial charge in [0.05, 0.1) is 16.6 Å². The van der Waals surface area contributed by atoms with Crippen LogP contribution in [0.1, 0.15) is 0 Å². The van der Waals surface area contributed by atoms with E-state index >= 15 is 0 Å². The normalized spacial score (nSPS) is 10.5. The molecule has 0 atom stereocenters. The van der Waals surface area contributed by atoms with E-state index in [9.17, 15) is 18.9 Å². The number of hydrogen-bond donors (Lipinski definition) is 0. The quantitative estimate of drug-likeness (QED) is 0.591. The summed E-state index contributed by atoms with van der Waals surface area (Å²) >= 11 is 0. The third kappa shape index (κ3) is 1.84. The van der Waals surface area contributed by atoms with Crippen LogP contribution in [0.3, 0.4) is 0 Å².